The normalized spacial score (nSPS) is 20.0. The molecule has 3 atom stereocenters. The molecule has 2 aromatic rings. The molecule has 2 N–H and O–H groups in total. The van der Waals surface area contributed by atoms with Gasteiger partial charge in [0.1, 0.15) is 0 Å². The number of hydrogen-bond acceptors (Lipinski definition) is 2. The number of nitrogens with one attached hydrogen (secondary N) is 2. The lowest BCUT2D eigenvalue weighted by atomic mass is 9.95. The highest BCUT2D eigenvalue weighted by Crippen LogP contribution is 2.34. The van der Waals surface area contributed by atoms with E-state index in [9.17, 15) is 0 Å². The van der Waals surface area contributed by atoms with Crippen molar-refractivity contribution in [3.05, 3.63) is 71.8 Å². The third-order valence-electron chi connectivity index (χ3n) is 5.26. The predicted molar refractivity (Wildman–Crippen MR) is 132 cm³/mol. The second kappa shape index (κ2) is 12.9. The number of hydrogen-bond donors (Lipinski definition) is 2. The maximum atomic E-state index is 6.00. The minimum atomic E-state index is 0. The first-order chi connectivity index (χ1) is 13.8. The van der Waals surface area contributed by atoms with Crippen molar-refractivity contribution in [2.75, 3.05) is 19.7 Å². The van der Waals surface area contributed by atoms with Gasteiger partial charge in [0.05, 0.1) is 6.10 Å². The minimum absolute atomic E-state index is 0. The third kappa shape index (κ3) is 7.63. The summed E-state index contributed by atoms with van der Waals surface area (Å²) in [6, 6.07) is 21.5. The Hall–Kier alpha value is -1.60. The molecule has 1 aliphatic heterocycles. The molecule has 0 bridgehead atoms. The van der Waals surface area contributed by atoms with Gasteiger partial charge in [-0.2, -0.15) is 0 Å². The van der Waals surface area contributed by atoms with Crippen LogP contribution >= 0.6 is 24.0 Å². The van der Waals surface area contributed by atoms with Crippen molar-refractivity contribution in [3.63, 3.8) is 0 Å². The summed E-state index contributed by atoms with van der Waals surface area (Å²) in [5.41, 5.74) is 2.64. The zero-order chi connectivity index (χ0) is 19.6. The smallest absolute Gasteiger partial charge is 0.191 e. The molecule has 0 saturated carbocycles. The highest BCUT2D eigenvalue weighted by atomic mass is 127. The topological polar surface area (TPSA) is 45.7 Å². The summed E-state index contributed by atoms with van der Waals surface area (Å²) >= 11 is 0. The number of halogens is 1. The fourth-order valence-electron chi connectivity index (χ4n) is 3.69. The van der Waals surface area contributed by atoms with E-state index in [1.807, 2.05) is 0 Å². The fraction of sp³-hybridized carbons (Fsp3) is 0.458. The van der Waals surface area contributed by atoms with E-state index in [-0.39, 0.29) is 30.1 Å². The van der Waals surface area contributed by atoms with Gasteiger partial charge in [0, 0.05) is 31.7 Å². The zero-order valence-electron chi connectivity index (χ0n) is 17.5. The molecule has 3 rings (SSSR count). The first-order valence-electron chi connectivity index (χ1n) is 10.5. The molecule has 3 unspecified atom stereocenters. The average molecular weight is 507 g/mol. The van der Waals surface area contributed by atoms with Crippen LogP contribution in [0.1, 0.15) is 43.9 Å². The van der Waals surface area contributed by atoms with Crippen molar-refractivity contribution in [2.45, 2.75) is 45.3 Å². The van der Waals surface area contributed by atoms with Crippen LogP contribution in [0.3, 0.4) is 0 Å². The summed E-state index contributed by atoms with van der Waals surface area (Å²) in [6.45, 7) is 6.79. The number of aryl methyl sites for hydroxylation is 1. The lowest BCUT2D eigenvalue weighted by Crippen LogP contribution is -2.42. The minimum Gasteiger partial charge on any atom is -0.373 e. The van der Waals surface area contributed by atoms with Gasteiger partial charge in [0.2, 0.25) is 0 Å². The van der Waals surface area contributed by atoms with Crippen LogP contribution in [-0.4, -0.2) is 31.7 Å². The lowest BCUT2D eigenvalue weighted by Gasteiger charge is -2.20. The highest BCUT2D eigenvalue weighted by Gasteiger charge is 2.29. The van der Waals surface area contributed by atoms with Crippen LogP contribution < -0.4 is 10.6 Å². The van der Waals surface area contributed by atoms with Crippen LogP contribution in [0.15, 0.2) is 65.7 Å². The summed E-state index contributed by atoms with van der Waals surface area (Å²) in [6.07, 6.45) is 3.36. The van der Waals surface area contributed by atoms with Gasteiger partial charge >= 0.3 is 0 Å². The van der Waals surface area contributed by atoms with Crippen LogP contribution in [0.5, 0.6) is 0 Å². The van der Waals surface area contributed by atoms with Gasteiger partial charge in [-0.1, -0.05) is 60.7 Å². The molecule has 0 radical (unpaired) electrons. The Bertz CT molecular complexity index is 723. The first kappa shape index (κ1) is 23.7. The molecule has 2 aromatic carbocycles. The quantitative estimate of drug-likeness (QED) is 0.302. The van der Waals surface area contributed by atoms with Crippen molar-refractivity contribution < 1.29 is 4.74 Å². The summed E-state index contributed by atoms with van der Waals surface area (Å²) < 4.78 is 6.00. The molecule has 5 heteroatoms. The van der Waals surface area contributed by atoms with Gasteiger partial charge in [-0.05, 0) is 44.2 Å². The molecule has 0 amide bonds. The van der Waals surface area contributed by atoms with Gasteiger partial charge in [-0.15, -0.1) is 24.0 Å². The number of rotatable bonds is 8. The lowest BCUT2D eigenvalue weighted by molar-refractivity contribution is 0.0925. The van der Waals surface area contributed by atoms with Gasteiger partial charge in [-0.3, -0.25) is 4.99 Å². The van der Waals surface area contributed by atoms with E-state index in [0.29, 0.717) is 12.0 Å². The molecule has 1 saturated heterocycles. The largest absolute Gasteiger partial charge is 0.373 e. The van der Waals surface area contributed by atoms with Gasteiger partial charge in [0.25, 0.3) is 0 Å². The van der Waals surface area contributed by atoms with E-state index in [2.05, 4.69) is 85.1 Å². The van der Waals surface area contributed by atoms with Gasteiger partial charge in [0.15, 0.2) is 5.96 Å². The Morgan fingerprint density at radius 1 is 1.10 bits per heavy atom. The maximum absolute atomic E-state index is 6.00. The second-order valence-corrected chi connectivity index (χ2v) is 7.54. The van der Waals surface area contributed by atoms with Crippen LogP contribution in [0.25, 0.3) is 0 Å². The molecular formula is C24H34IN3O. The Balaban J connectivity index is 0.00000300. The Kier molecular flexibility index (Phi) is 10.5. The van der Waals surface area contributed by atoms with Crippen molar-refractivity contribution >= 4 is 29.9 Å². The molecule has 0 aromatic heterocycles. The first-order valence-corrected chi connectivity index (χ1v) is 10.5. The van der Waals surface area contributed by atoms with E-state index in [1.165, 1.54) is 11.1 Å². The number of nitrogens with zero attached hydrogens (tertiary/aromatic N) is 1. The van der Waals surface area contributed by atoms with E-state index >= 15 is 0 Å². The monoisotopic (exact) mass is 507 g/mol. The van der Waals surface area contributed by atoms with E-state index < -0.39 is 0 Å². The average Bonchev–Trinajstić information content (AvgIpc) is 3.21. The fourth-order valence-corrected chi connectivity index (χ4v) is 3.69. The van der Waals surface area contributed by atoms with Crippen molar-refractivity contribution in [1.82, 2.24) is 10.6 Å². The molecule has 1 heterocycles. The van der Waals surface area contributed by atoms with E-state index in [4.69, 9.17) is 9.73 Å². The molecule has 1 aliphatic rings. The van der Waals surface area contributed by atoms with Crippen LogP contribution in [0.4, 0.5) is 0 Å². The summed E-state index contributed by atoms with van der Waals surface area (Å²) in [4.78, 5) is 4.88. The number of guanidine groups is 1. The van der Waals surface area contributed by atoms with Crippen molar-refractivity contribution in [2.24, 2.45) is 10.9 Å². The molecular weight excluding hydrogens is 473 g/mol. The zero-order valence-corrected chi connectivity index (χ0v) is 19.8. The van der Waals surface area contributed by atoms with Gasteiger partial charge < -0.3 is 15.4 Å². The second-order valence-electron chi connectivity index (χ2n) is 7.54. The number of benzene rings is 2. The van der Waals surface area contributed by atoms with Gasteiger partial charge in [-0.25, -0.2) is 0 Å². The molecule has 4 nitrogen and oxygen atoms in total. The van der Waals surface area contributed by atoms with E-state index in [0.717, 1.165) is 44.9 Å². The summed E-state index contributed by atoms with van der Waals surface area (Å²) in [5, 5.41) is 6.95. The van der Waals surface area contributed by atoms with Crippen LogP contribution in [0, 0.1) is 5.92 Å². The van der Waals surface area contributed by atoms with Crippen molar-refractivity contribution in [1.29, 1.82) is 0 Å². The summed E-state index contributed by atoms with van der Waals surface area (Å²) in [5.74, 6) is 1.33. The Morgan fingerprint density at radius 2 is 1.79 bits per heavy atom. The summed E-state index contributed by atoms with van der Waals surface area (Å²) in [7, 11) is 0. The van der Waals surface area contributed by atoms with Crippen molar-refractivity contribution in [3.8, 4) is 0 Å². The predicted octanol–water partition coefficient (Wildman–Crippen LogP) is 4.96. The van der Waals surface area contributed by atoms with Crippen LogP contribution in [0.2, 0.25) is 0 Å². The Morgan fingerprint density at radius 3 is 2.48 bits per heavy atom. The third-order valence-corrected chi connectivity index (χ3v) is 5.26. The number of aliphatic imine (C=N–C) groups is 1. The highest BCUT2D eigenvalue weighted by molar-refractivity contribution is 14.0. The standard InChI is InChI=1S/C24H33N3O.HI/c1-3-25-24(27-19(2)14-15-20-10-6-4-7-11-20)26-18-22-16-17-28-23(22)21-12-8-5-9-13-21;/h4-13,19,22-23H,3,14-18H2,1-2H3,(H2,25,26,27);1H. The number of ether oxygens (including phenoxy) is 1. The Labute approximate surface area is 192 Å². The molecule has 29 heavy (non-hydrogen) atoms. The molecule has 0 spiro atoms. The van der Waals surface area contributed by atoms with E-state index in [1.54, 1.807) is 0 Å². The molecule has 158 valence electrons. The molecule has 1 fully saturated rings. The SMILES string of the molecule is CCNC(=NCC1CCOC1c1ccccc1)NC(C)CCc1ccccc1.I. The maximum Gasteiger partial charge on any atom is 0.191 e. The molecule has 0 aliphatic carbocycles. The van der Waals surface area contributed by atoms with Crippen LogP contribution in [-0.2, 0) is 11.2 Å².